The summed E-state index contributed by atoms with van der Waals surface area (Å²) in [4.78, 5) is 0. The van der Waals surface area contributed by atoms with Crippen molar-refractivity contribution in [3.63, 3.8) is 0 Å². The molecule has 0 aliphatic heterocycles. The van der Waals surface area contributed by atoms with Crippen molar-refractivity contribution in [1.82, 2.24) is 0 Å². The average Bonchev–Trinajstić information content (AvgIpc) is 2.47. The molecule has 19 heavy (non-hydrogen) atoms. The van der Waals surface area contributed by atoms with Crippen LogP contribution in [-0.2, 0) is 0 Å². The van der Waals surface area contributed by atoms with Crippen molar-refractivity contribution in [2.75, 3.05) is 11.9 Å². The number of hydrogen-bond acceptors (Lipinski definition) is 4. The highest BCUT2D eigenvalue weighted by Crippen LogP contribution is 2.22. The van der Waals surface area contributed by atoms with Gasteiger partial charge in [0.1, 0.15) is 12.2 Å². The third kappa shape index (κ3) is 3.54. The fourth-order valence-corrected chi connectivity index (χ4v) is 1.81. The van der Waals surface area contributed by atoms with Crippen LogP contribution in [0, 0.1) is 0 Å². The van der Waals surface area contributed by atoms with Crippen molar-refractivity contribution < 1.29 is 15.3 Å². The van der Waals surface area contributed by atoms with Crippen LogP contribution in [0.15, 0.2) is 54.6 Å². The van der Waals surface area contributed by atoms with E-state index in [-0.39, 0.29) is 0 Å². The first-order valence-corrected chi connectivity index (χ1v) is 6.09. The quantitative estimate of drug-likeness (QED) is 0.661. The molecule has 2 aromatic rings. The predicted molar refractivity (Wildman–Crippen MR) is 74.2 cm³/mol. The Morgan fingerprint density at radius 2 is 1.58 bits per heavy atom. The van der Waals surface area contributed by atoms with E-state index in [0.717, 1.165) is 11.4 Å². The van der Waals surface area contributed by atoms with Gasteiger partial charge in [-0.2, -0.15) is 0 Å². The van der Waals surface area contributed by atoms with E-state index in [9.17, 15) is 10.2 Å². The fraction of sp³-hybridized carbons (Fsp3) is 0.200. The number of nitrogens with one attached hydrogen (secondary N) is 1. The monoisotopic (exact) mass is 259 g/mol. The van der Waals surface area contributed by atoms with Crippen LogP contribution in [0.1, 0.15) is 11.7 Å². The highest BCUT2D eigenvalue weighted by molar-refractivity contribution is 5.60. The number of aliphatic hydroxyl groups excluding tert-OH is 3. The molecule has 0 saturated heterocycles. The Labute approximate surface area is 112 Å². The highest BCUT2D eigenvalue weighted by Gasteiger charge is 2.17. The Hall–Kier alpha value is -1.88. The fourth-order valence-electron chi connectivity index (χ4n) is 1.81. The molecule has 2 atom stereocenters. The average molecular weight is 259 g/mol. The van der Waals surface area contributed by atoms with Crippen molar-refractivity contribution in [2.24, 2.45) is 0 Å². The topological polar surface area (TPSA) is 72.7 Å². The van der Waals surface area contributed by atoms with Gasteiger partial charge in [0.15, 0.2) is 0 Å². The van der Waals surface area contributed by atoms with Crippen LogP contribution in [0.5, 0.6) is 0 Å². The molecule has 0 aliphatic carbocycles. The molecule has 2 aromatic carbocycles. The largest absolute Gasteiger partial charge is 0.394 e. The Balaban J connectivity index is 2.15. The van der Waals surface area contributed by atoms with E-state index >= 15 is 0 Å². The molecule has 2 unspecified atom stereocenters. The maximum Gasteiger partial charge on any atom is 0.107 e. The van der Waals surface area contributed by atoms with Gasteiger partial charge in [-0.25, -0.2) is 0 Å². The second-order valence-corrected chi connectivity index (χ2v) is 4.31. The van der Waals surface area contributed by atoms with Crippen LogP contribution in [0.2, 0.25) is 0 Å². The summed E-state index contributed by atoms with van der Waals surface area (Å²) in [6, 6.07) is 16.8. The van der Waals surface area contributed by atoms with Crippen molar-refractivity contribution >= 4 is 11.4 Å². The van der Waals surface area contributed by atoms with Crippen molar-refractivity contribution in [3.05, 3.63) is 60.2 Å². The lowest BCUT2D eigenvalue weighted by molar-refractivity contribution is -0.0152. The molecule has 100 valence electrons. The van der Waals surface area contributed by atoms with Crippen LogP contribution in [-0.4, -0.2) is 28.0 Å². The minimum atomic E-state index is -1.17. The third-order valence-electron chi connectivity index (χ3n) is 2.84. The van der Waals surface area contributed by atoms with E-state index < -0.39 is 18.8 Å². The first-order valence-electron chi connectivity index (χ1n) is 6.09. The summed E-state index contributed by atoms with van der Waals surface area (Å²) in [5.41, 5.74) is 2.31. The second-order valence-electron chi connectivity index (χ2n) is 4.31. The highest BCUT2D eigenvalue weighted by atomic mass is 16.4. The molecular weight excluding hydrogens is 242 g/mol. The van der Waals surface area contributed by atoms with E-state index in [1.165, 1.54) is 0 Å². The maximum atomic E-state index is 9.84. The lowest BCUT2D eigenvalue weighted by Gasteiger charge is -2.17. The smallest absolute Gasteiger partial charge is 0.107 e. The van der Waals surface area contributed by atoms with Crippen molar-refractivity contribution in [1.29, 1.82) is 0 Å². The molecule has 0 bridgehead atoms. The summed E-state index contributed by atoms with van der Waals surface area (Å²) >= 11 is 0. The van der Waals surface area contributed by atoms with Gasteiger partial charge in [0, 0.05) is 11.4 Å². The summed E-state index contributed by atoms with van der Waals surface area (Å²) in [6.07, 6.45) is -2.27. The van der Waals surface area contributed by atoms with Gasteiger partial charge >= 0.3 is 0 Å². The summed E-state index contributed by atoms with van der Waals surface area (Å²) in [6.45, 7) is -0.475. The molecular formula is C15H17NO3. The molecule has 0 fully saturated rings. The number of benzene rings is 2. The molecule has 4 heteroatoms. The standard InChI is InChI=1S/C15H17NO3/c17-10-14(18)15(19)11-5-4-8-13(9-11)16-12-6-2-1-3-7-12/h1-9,14-19H,10H2. The van der Waals surface area contributed by atoms with Gasteiger partial charge in [-0.05, 0) is 29.8 Å². The van der Waals surface area contributed by atoms with E-state index in [4.69, 9.17) is 5.11 Å². The Kier molecular flexibility index (Phi) is 4.52. The number of rotatable bonds is 5. The predicted octanol–water partition coefficient (Wildman–Crippen LogP) is 1.82. The van der Waals surface area contributed by atoms with Gasteiger partial charge in [-0.15, -0.1) is 0 Å². The van der Waals surface area contributed by atoms with E-state index in [1.54, 1.807) is 18.2 Å². The van der Waals surface area contributed by atoms with Crippen LogP contribution in [0.4, 0.5) is 11.4 Å². The van der Waals surface area contributed by atoms with Crippen LogP contribution in [0.25, 0.3) is 0 Å². The number of anilines is 2. The van der Waals surface area contributed by atoms with Crippen LogP contribution in [0.3, 0.4) is 0 Å². The summed E-state index contributed by atoms with van der Waals surface area (Å²) < 4.78 is 0. The molecule has 0 spiro atoms. The van der Waals surface area contributed by atoms with Crippen LogP contribution < -0.4 is 5.32 Å². The van der Waals surface area contributed by atoms with Gasteiger partial charge in [0.2, 0.25) is 0 Å². The third-order valence-corrected chi connectivity index (χ3v) is 2.84. The zero-order valence-corrected chi connectivity index (χ0v) is 10.4. The molecule has 0 heterocycles. The molecule has 4 nitrogen and oxygen atoms in total. The first kappa shape index (κ1) is 13.5. The zero-order chi connectivity index (χ0) is 13.7. The number of aliphatic hydroxyl groups is 3. The lowest BCUT2D eigenvalue weighted by atomic mass is 10.0. The Bertz CT molecular complexity index is 516. The van der Waals surface area contributed by atoms with Crippen molar-refractivity contribution in [3.8, 4) is 0 Å². The molecule has 0 aliphatic rings. The van der Waals surface area contributed by atoms with Crippen molar-refractivity contribution in [2.45, 2.75) is 12.2 Å². The van der Waals surface area contributed by atoms with E-state index in [1.807, 2.05) is 36.4 Å². The van der Waals surface area contributed by atoms with Gasteiger partial charge in [0.05, 0.1) is 6.61 Å². The minimum Gasteiger partial charge on any atom is -0.394 e. The SMILES string of the molecule is OCC(O)C(O)c1cccc(Nc2ccccc2)c1. The van der Waals surface area contributed by atoms with Gasteiger partial charge < -0.3 is 20.6 Å². The molecule has 4 N–H and O–H groups in total. The Morgan fingerprint density at radius 1 is 0.895 bits per heavy atom. The number of hydrogen-bond donors (Lipinski definition) is 4. The normalized spacial score (nSPS) is 13.8. The van der Waals surface area contributed by atoms with Gasteiger partial charge in [-0.3, -0.25) is 0 Å². The maximum absolute atomic E-state index is 9.84. The van der Waals surface area contributed by atoms with E-state index in [2.05, 4.69) is 5.32 Å². The Morgan fingerprint density at radius 3 is 2.26 bits per heavy atom. The molecule has 2 rings (SSSR count). The zero-order valence-electron chi connectivity index (χ0n) is 10.4. The summed E-state index contributed by atoms with van der Waals surface area (Å²) in [5, 5.41) is 31.3. The molecule has 0 radical (unpaired) electrons. The first-order chi connectivity index (χ1) is 9.20. The second kappa shape index (κ2) is 6.33. The molecule has 0 amide bonds. The van der Waals surface area contributed by atoms with Gasteiger partial charge in [0.25, 0.3) is 0 Å². The van der Waals surface area contributed by atoms with E-state index in [0.29, 0.717) is 5.56 Å². The van der Waals surface area contributed by atoms with Gasteiger partial charge in [-0.1, -0.05) is 30.3 Å². The number of para-hydroxylation sites is 1. The molecule has 0 saturated carbocycles. The summed E-state index contributed by atoms with van der Waals surface area (Å²) in [5.74, 6) is 0. The lowest BCUT2D eigenvalue weighted by Crippen LogP contribution is -2.22. The molecule has 0 aromatic heterocycles. The van der Waals surface area contributed by atoms with Crippen LogP contribution >= 0.6 is 0 Å². The minimum absolute atomic E-state index is 0.475. The summed E-state index contributed by atoms with van der Waals surface area (Å²) in [7, 11) is 0.